The van der Waals surface area contributed by atoms with Gasteiger partial charge in [-0.05, 0) is 54.2 Å². The van der Waals surface area contributed by atoms with E-state index in [1.165, 1.54) is 0 Å². The number of anilines is 1. The van der Waals surface area contributed by atoms with Gasteiger partial charge in [0.1, 0.15) is 6.20 Å². The maximum absolute atomic E-state index is 11.8. The molecule has 2 rings (SSSR count). The van der Waals surface area contributed by atoms with Crippen LogP contribution in [0.25, 0.3) is 0 Å². The van der Waals surface area contributed by atoms with Crippen molar-refractivity contribution in [3.05, 3.63) is 31.3 Å². The van der Waals surface area contributed by atoms with Crippen LogP contribution in [0.1, 0.15) is 24.2 Å². The minimum atomic E-state index is -0.530. The number of carbonyl (C=O) groups is 1. The molecule has 118 valence electrons. The van der Waals surface area contributed by atoms with Crippen LogP contribution in [0.5, 0.6) is 0 Å². The number of nitrogens with zero attached hydrogens (tertiary/aromatic N) is 4. The number of nitrogens with one attached hydrogen (secondary N) is 1. The van der Waals surface area contributed by atoms with Gasteiger partial charge >= 0.3 is 5.00 Å². The molecule has 1 amide bonds. The highest BCUT2D eigenvalue weighted by atomic mass is 127. The molecule has 0 aliphatic rings. The quantitative estimate of drug-likeness (QED) is 0.427. The van der Waals surface area contributed by atoms with Crippen LogP contribution in [0.2, 0.25) is 0 Å². The maximum atomic E-state index is 11.8. The average molecular weight is 435 g/mol. The first-order chi connectivity index (χ1) is 10.4. The predicted molar refractivity (Wildman–Crippen MR) is 91.1 cm³/mol. The van der Waals surface area contributed by atoms with E-state index < -0.39 is 4.92 Å². The molecule has 0 spiro atoms. The van der Waals surface area contributed by atoms with E-state index in [0.29, 0.717) is 19.4 Å². The summed E-state index contributed by atoms with van der Waals surface area (Å²) in [6.45, 7) is 4.60. The first-order valence-corrected chi connectivity index (χ1v) is 8.37. The molecule has 0 bridgehead atoms. The fourth-order valence-corrected chi connectivity index (χ4v) is 2.91. The van der Waals surface area contributed by atoms with Crippen molar-refractivity contribution < 1.29 is 9.72 Å². The Labute approximate surface area is 144 Å². The number of thiazole rings is 1. The lowest BCUT2D eigenvalue weighted by Crippen LogP contribution is -2.13. The molecule has 10 heteroatoms. The van der Waals surface area contributed by atoms with E-state index in [0.717, 1.165) is 32.5 Å². The molecule has 8 nitrogen and oxygen atoms in total. The number of hydrogen-bond acceptors (Lipinski definition) is 6. The number of halogens is 1. The summed E-state index contributed by atoms with van der Waals surface area (Å²) in [6, 6.07) is 0. The molecule has 22 heavy (non-hydrogen) atoms. The summed E-state index contributed by atoms with van der Waals surface area (Å²) in [5.74, 6) is -0.208. The van der Waals surface area contributed by atoms with Gasteiger partial charge < -0.3 is 5.32 Å². The summed E-state index contributed by atoms with van der Waals surface area (Å²) < 4.78 is 3.02. The Morgan fingerprint density at radius 2 is 2.27 bits per heavy atom. The highest BCUT2D eigenvalue weighted by molar-refractivity contribution is 14.1. The molecule has 0 aliphatic heterocycles. The normalized spacial score (nSPS) is 10.7. The predicted octanol–water partition coefficient (Wildman–Crippen LogP) is 2.89. The van der Waals surface area contributed by atoms with Gasteiger partial charge in [-0.25, -0.2) is 4.98 Å². The van der Waals surface area contributed by atoms with E-state index in [2.05, 4.69) is 38.0 Å². The van der Waals surface area contributed by atoms with Crippen LogP contribution in [-0.4, -0.2) is 25.6 Å². The molecule has 0 aromatic carbocycles. The number of amides is 1. The van der Waals surface area contributed by atoms with Gasteiger partial charge in [-0.15, -0.1) is 0 Å². The lowest BCUT2D eigenvalue weighted by Gasteiger charge is -2.04. The van der Waals surface area contributed by atoms with Crippen molar-refractivity contribution in [1.82, 2.24) is 14.8 Å². The van der Waals surface area contributed by atoms with Gasteiger partial charge in [0.25, 0.3) is 0 Å². The lowest BCUT2D eigenvalue weighted by atomic mass is 10.3. The zero-order valence-electron chi connectivity index (χ0n) is 12.0. The van der Waals surface area contributed by atoms with Crippen molar-refractivity contribution in [3.63, 3.8) is 0 Å². The van der Waals surface area contributed by atoms with Gasteiger partial charge in [-0.2, -0.15) is 5.10 Å². The van der Waals surface area contributed by atoms with Gasteiger partial charge in [0, 0.05) is 18.7 Å². The topological polar surface area (TPSA) is 103 Å². The van der Waals surface area contributed by atoms with E-state index in [1.54, 1.807) is 0 Å². The van der Waals surface area contributed by atoms with Crippen molar-refractivity contribution in [2.24, 2.45) is 0 Å². The molecule has 2 aromatic heterocycles. The Kier molecular flexibility index (Phi) is 5.45. The van der Waals surface area contributed by atoms with Gasteiger partial charge in [-0.3, -0.25) is 19.6 Å². The molecule has 1 N–H and O–H groups in total. The van der Waals surface area contributed by atoms with Crippen molar-refractivity contribution in [1.29, 1.82) is 0 Å². The summed E-state index contributed by atoms with van der Waals surface area (Å²) in [7, 11) is 0. The van der Waals surface area contributed by atoms with E-state index in [-0.39, 0.29) is 16.0 Å². The highest BCUT2D eigenvalue weighted by Crippen LogP contribution is 2.25. The average Bonchev–Trinajstić information content (AvgIpc) is 3.01. The zero-order chi connectivity index (χ0) is 16.3. The monoisotopic (exact) mass is 435 g/mol. The second kappa shape index (κ2) is 7.13. The van der Waals surface area contributed by atoms with E-state index in [4.69, 9.17) is 0 Å². The Bertz CT molecular complexity index is 712. The minimum absolute atomic E-state index is 0.0903. The fraction of sp³-hybridized carbons (Fsp3) is 0.417. The Balaban J connectivity index is 1.82. The molecular formula is C12H14IN5O3S. The molecular weight excluding hydrogens is 421 g/mol. The molecule has 2 heterocycles. The SMILES string of the molecule is Cc1nn(CCCC(=O)Nc2ncc([N+](=O)[O-])s2)c(C)c1I. The molecule has 0 saturated heterocycles. The van der Waals surface area contributed by atoms with Crippen molar-refractivity contribution >= 4 is 50.0 Å². The molecule has 0 atom stereocenters. The Morgan fingerprint density at radius 3 is 2.82 bits per heavy atom. The molecule has 0 radical (unpaired) electrons. The molecule has 2 aromatic rings. The number of carbonyl (C=O) groups excluding carboxylic acids is 1. The number of aromatic nitrogens is 3. The van der Waals surface area contributed by atoms with Crippen LogP contribution < -0.4 is 5.32 Å². The van der Waals surface area contributed by atoms with Gasteiger partial charge in [-0.1, -0.05) is 0 Å². The smallest absolute Gasteiger partial charge is 0.302 e. The van der Waals surface area contributed by atoms with Crippen LogP contribution in [-0.2, 0) is 11.3 Å². The van der Waals surface area contributed by atoms with Crippen LogP contribution >= 0.6 is 33.9 Å². The fourth-order valence-electron chi connectivity index (χ4n) is 1.87. The third-order valence-electron chi connectivity index (χ3n) is 2.99. The van der Waals surface area contributed by atoms with E-state index in [9.17, 15) is 14.9 Å². The van der Waals surface area contributed by atoms with Crippen LogP contribution in [0.4, 0.5) is 10.1 Å². The van der Waals surface area contributed by atoms with E-state index >= 15 is 0 Å². The number of aryl methyl sites for hydroxylation is 2. The number of rotatable bonds is 6. The summed E-state index contributed by atoms with van der Waals surface area (Å²) >= 11 is 3.10. The van der Waals surface area contributed by atoms with Gasteiger partial charge in [0.05, 0.1) is 14.2 Å². The van der Waals surface area contributed by atoms with Crippen molar-refractivity contribution in [3.8, 4) is 0 Å². The number of nitro groups is 1. The minimum Gasteiger partial charge on any atom is -0.302 e. The molecule has 0 fully saturated rings. The van der Waals surface area contributed by atoms with Gasteiger partial charge in [0.2, 0.25) is 5.91 Å². The van der Waals surface area contributed by atoms with E-state index in [1.807, 2.05) is 18.5 Å². The second-order valence-electron chi connectivity index (χ2n) is 4.62. The maximum Gasteiger partial charge on any atom is 0.345 e. The summed E-state index contributed by atoms with van der Waals surface area (Å²) in [5.41, 5.74) is 2.08. The van der Waals surface area contributed by atoms with Crippen LogP contribution in [0.3, 0.4) is 0 Å². The standard InChI is InChI=1S/C12H14IN5O3S/c1-7-11(13)8(2)17(16-7)5-3-4-9(19)15-12-14-6-10(22-12)18(20)21/h6H,3-5H2,1-2H3,(H,14,15,19). The Morgan fingerprint density at radius 1 is 1.55 bits per heavy atom. The third kappa shape index (κ3) is 4.00. The summed E-state index contributed by atoms with van der Waals surface area (Å²) in [4.78, 5) is 25.6. The summed E-state index contributed by atoms with van der Waals surface area (Å²) in [5, 5.41) is 17.7. The zero-order valence-corrected chi connectivity index (χ0v) is 15.0. The molecule has 0 unspecified atom stereocenters. The Hall–Kier alpha value is -1.56. The van der Waals surface area contributed by atoms with Crippen molar-refractivity contribution in [2.75, 3.05) is 5.32 Å². The first kappa shape index (κ1) is 16.8. The lowest BCUT2D eigenvalue weighted by molar-refractivity contribution is -0.380. The van der Waals surface area contributed by atoms with Gasteiger partial charge in [0.15, 0.2) is 5.13 Å². The molecule has 0 saturated carbocycles. The number of hydrogen-bond donors (Lipinski definition) is 1. The van der Waals surface area contributed by atoms with Crippen LogP contribution in [0.15, 0.2) is 6.20 Å². The van der Waals surface area contributed by atoms with Crippen molar-refractivity contribution in [2.45, 2.75) is 33.2 Å². The summed E-state index contributed by atoms with van der Waals surface area (Å²) in [6.07, 6.45) is 2.08. The third-order valence-corrected chi connectivity index (χ3v) is 5.41. The largest absolute Gasteiger partial charge is 0.345 e. The first-order valence-electron chi connectivity index (χ1n) is 6.48. The van der Waals surface area contributed by atoms with Crippen LogP contribution in [0, 0.1) is 27.5 Å². The highest BCUT2D eigenvalue weighted by Gasteiger charge is 2.14. The second-order valence-corrected chi connectivity index (χ2v) is 6.71. The molecule has 0 aliphatic carbocycles.